The van der Waals surface area contributed by atoms with Gasteiger partial charge in [-0.25, -0.2) is 0 Å². The smallest absolute Gasteiger partial charge is 0.185 e. The van der Waals surface area contributed by atoms with E-state index >= 15 is 0 Å². The predicted molar refractivity (Wildman–Crippen MR) is 115 cm³/mol. The van der Waals surface area contributed by atoms with E-state index < -0.39 is 23.4 Å². The number of hydrogen-bond acceptors (Lipinski definition) is 5. The van der Waals surface area contributed by atoms with Gasteiger partial charge in [-0.2, -0.15) is 10.5 Å². The number of aromatic nitrogens is 1. The second-order valence-corrected chi connectivity index (χ2v) is 7.83. The molecule has 3 aromatic rings. The fourth-order valence-corrected chi connectivity index (χ4v) is 5.00. The van der Waals surface area contributed by atoms with Crippen molar-refractivity contribution in [2.45, 2.75) is 18.0 Å². The van der Waals surface area contributed by atoms with E-state index in [-0.39, 0.29) is 5.78 Å². The molecule has 0 spiro atoms. The third kappa shape index (κ3) is 2.68. The molecule has 0 N–H and O–H groups in total. The summed E-state index contributed by atoms with van der Waals surface area (Å²) in [6.45, 7) is 0. The fraction of sp³-hybridized carbons (Fsp3) is 0.154. The number of hydrogen-bond donors (Lipinski definition) is 0. The number of nitriles is 2. The van der Waals surface area contributed by atoms with Crippen LogP contribution in [0.2, 0.25) is 0 Å². The van der Waals surface area contributed by atoms with Crippen LogP contribution < -0.4 is 0 Å². The van der Waals surface area contributed by atoms with Crippen molar-refractivity contribution >= 4 is 11.9 Å². The van der Waals surface area contributed by atoms with Crippen molar-refractivity contribution in [2.24, 2.45) is 5.41 Å². The predicted octanol–water partition coefficient (Wildman–Crippen LogP) is 4.49. The molecule has 148 valence electrons. The molecule has 5 rings (SSSR count). The first kappa shape index (κ1) is 18.8. The van der Waals surface area contributed by atoms with Crippen molar-refractivity contribution in [2.75, 3.05) is 0 Å². The van der Waals surface area contributed by atoms with E-state index in [9.17, 15) is 15.3 Å². The van der Waals surface area contributed by atoms with E-state index in [1.54, 1.807) is 30.6 Å². The molecule has 2 aliphatic rings. The topological polar surface area (TPSA) is 80.8 Å². The summed E-state index contributed by atoms with van der Waals surface area (Å²) < 4.78 is 0. The zero-order valence-electron chi connectivity index (χ0n) is 16.6. The summed E-state index contributed by atoms with van der Waals surface area (Å²) in [5, 5.41) is 20.9. The van der Waals surface area contributed by atoms with Crippen LogP contribution in [0.25, 0.3) is 6.08 Å². The number of pyridine rings is 1. The van der Waals surface area contributed by atoms with Crippen LogP contribution in [0.1, 0.15) is 39.0 Å². The Morgan fingerprint density at radius 1 is 0.968 bits per heavy atom. The molecule has 0 bridgehead atoms. The lowest BCUT2D eigenvalue weighted by molar-refractivity contribution is 0.0874. The van der Waals surface area contributed by atoms with Crippen LogP contribution >= 0.6 is 0 Å². The van der Waals surface area contributed by atoms with Crippen LogP contribution in [0.5, 0.6) is 0 Å². The lowest BCUT2D eigenvalue weighted by atomic mass is 9.67. The van der Waals surface area contributed by atoms with E-state index in [1.807, 2.05) is 65.7 Å². The van der Waals surface area contributed by atoms with E-state index in [4.69, 9.17) is 0 Å². The van der Waals surface area contributed by atoms with Crippen molar-refractivity contribution in [3.63, 3.8) is 0 Å². The van der Waals surface area contributed by atoms with Crippen molar-refractivity contribution in [1.29, 1.82) is 10.5 Å². The molecule has 31 heavy (non-hydrogen) atoms. The van der Waals surface area contributed by atoms with Gasteiger partial charge in [0, 0.05) is 30.1 Å². The molecule has 1 aromatic heterocycles. The number of rotatable bonds is 3. The zero-order valence-corrected chi connectivity index (χ0v) is 16.6. The van der Waals surface area contributed by atoms with Gasteiger partial charge in [-0.3, -0.25) is 9.78 Å². The van der Waals surface area contributed by atoms with Crippen LogP contribution in [-0.2, 0) is 0 Å². The Morgan fingerprint density at radius 2 is 1.71 bits per heavy atom. The Morgan fingerprint density at radius 3 is 2.42 bits per heavy atom. The molecule has 0 aliphatic carbocycles. The molecule has 1 fully saturated rings. The maximum Gasteiger partial charge on any atom is 0.185 e. The van der Waals surface area contributed by atoms with Gasteiger partial charge in [0.2, 0.25) is 0 Å². The molecule has 0 unspecified atom stereocenters. The first-order valence-corrected chi connectivity index (χ1v) is 10.1. The summed E-state index contributed by atoms with van der Waals surface area (Å²) in [5.74, 6) is -0.777. The highest BCUT2D eigenvalue weighted by molar-refractivity contribution is 6.01. The van der Waals surface area contributed by atoms with Gasteiger partial charge in [0.05, 0.1) is 18.2 Å². The molecule has 5 nitrogen and oxygen atoms in total. The lowest BCUT2D eigenvalue weighted by Crippen LogP contribution is -2.37. The van der Waals surface area contributed by atoms with Crippen LogP contribution in [0, 0.1) is 28.1 Å². The number of carbonyl (C=O) groups excluding carboxylic acids is 1. The summed E-state index contributed by atoms with van der Waals surface area (Å²) in [4.78, 5) is 19.9. The quantitative estimate of drug-likeness (QED) is 0.603. The number of fused-ring (bicyclic) bond motifs is 3. The van der Waals surface area contributed by atoms with Gasteiger partial charge >= 0.3 is 0 Å². The van der Waals surface area contributed by atoms with Crippen molar-refractivity contribution in [3.05, 3.63) is 108 Å². The Balaban J connectivity index is 1.78. The molecule has 3 heterocycles. The minimum Gasteiger partial charge on any atom is -0.357 e. The maximum atomic E-state index is 13.8. The van der Waals surface area contributed by atoms with Gasteiger partial charge < -0.3 is 4.90 Å². The molecular weight excluding hydrogens is 384 g/mol. The Hall–Kier alpha value is -4.22. The van der Waals surface area contributed by atoms with E-state index in [0.29, 0.717) is 11.1 Å². The van der Waals surface area contributed by atoms with Gasteiger partial charge in [-0.05, 0) is 28.8 Å². The molecule has 1 saturated heterocycles. The van der Waals surface area contributed by atoms with E-state index in [0.717, 1.165) is 11.1 Å². The van der Waals surface area contributed by atoms with E-state index in [1.165, 1.54) is 0 Å². The summed E-state index contributed by atoms with van der Waals surface area (Å²) >= 11 is 0. The second-order valence-electron chi connectivity index (χ2n) is 7.83. The fourth-order valence-electron chi connectivity index (χ4n) is 5.00. The van der Waals surface area contributed by atoms with Gasteiger partial charge in [-0.15, -0.1) is 0 Å². The van der Waals surface area contributed by atoms with Crippen LogP contribution in [-0.4, -0.2) is 21.7 Å². The third-order valence-electron chi connectivity index (χ3n) is 6.31. The SMILES string of the molecule is N#CC1(C#N)[C@H](c2cccnc2)[C@@H](C(=O)c2ccccc2)N2C=Cc3ccccc3[C@@H]21. The lowest BCUT2D eigenvalue weighted by Gasteiger charge is -2.34. The van der Waals surface area contributed by atoms with Gasteiger partial charge in [0.1, 0.15) is 6.04 Å². The summed E-state index contributed by atoms with van der Waals surface area (Å²) in [7, 11) is 0. The van der Waals surface area contributed by atoms with Crippen LogP contribution in [0.3, 0.4) is 0 Å². The van der Waals surface area contributed by atoms with Crippen LogP contribution in [0.4, 0.5) is 0 Å². The minimum absolute atomic E-state index is 0.115. The highest BCUT2D eigenvalue weighted by atomic mass is 16.1. The van der Waals surface area contributed by atoms with Crippen molar-refractivity contribution in [3.8, 4) is 12.1 Å². The van der Waals surface area contributed by atoms with Crippen molar-refractivity contribution in [1.82, 2.24) is 9.88 Å². The molecule has 5 heteroatoms. The third-order valence-corrected chi connectivity index (χ3v) is 6.31. The average molecular weight is 402 g/mol. The summed E-state index contributed by atoms with van der Waals surface area (Å²) in [6, 6.07) is 23.8. The standard InChI is InChI=1S/C26H18N4O/c27-16-26(17-28)22(20-10-6-13-29-15-20)23(24(31)19-8-2-1-3-9-19)30-14-12-18-7-4-5-11-21(18)25(26)30/h1-15,22-23,25H/t22-,23+,25-/m1/s1. The average Bonchev–Trinajstić information content (AvgIpc) is 3.15. The first-order valence-electron chi connectivity index (χ1n) is 10.1. The highest BCUT2D eigenvalue weighted by Crippen LogP contribution is 2.59. The number of carbonyl (C=O) groups is 1. The molecule has 2 aliphatic heterocycles. The van der Waals surface area contributed by atoms with Gasteiger partial charge in [-0.1, -0.05) is 60.7 Å². The Labute approximate surface area is 180 Å². The minimum atomic E-state index is -1.46. The van der Waals surface area contributed by atoms with Gasteiger partial charge in [0.15, 0.2) is 11.2 Å². The zero-order chi connectivity index (χ0) is 21.4. The molecule has 0 radical (unpaired) electrons. The molecular formula is C26H18N4O. The molecule has 0 amide bonds. The molecule has 0 saturated carbocycles. The summed E-state index contributed by atoms with van der Waals surface area (Å²) in [6.07, 6.45) is 7.11. The van der Waals surface area contributed by atoms with Gasteiger partial charge in [0.25, 0.3) is 0 Å². The molecule has 3 atom stereocenters. The van der Waals surface area contributed by atoms with Crippen LogP contribution in [0.15, 0.2) is 85.3 Å². The Bertz CT molecular complexity index is 1240. The highest BCUT2D eigenvalue weighted by Gasteiger charge is 2.63. The number of benzene rings is 2. The van der Waals surface area contributed by atoms with E-state index in [2.05, 4.69) is 17.1 Å². The second kappa shape index (κ2) is 7.23. The molecule has 2 aromatic carbocycles. The maximum absolute atomic E-state index is 13.8. The first-order chi connectivity index (χ1) is 15.2. The Kier molecular flexibility index (Phi) is 4.38. The number of Topliss-reactive ketones (excluding diaryl/α,β-unsaturated/α-hetero) is 1. The summed E-state index contributed by atoms with van der Waals surface area (Å²) in [5.41, 5.74) is 1.64. The normalized spacial score (nSPS) is 22.6. The monoisotopic (exact) mass is 402 g/mol. The van der Waals surface area contributed by atoms with Crippen molar-refractivity contribution < 1.29 is 4.79 Å². The number of nitrogens with zero attached hydrogens (tertiary/aromatic N) is 4. The largest absolute Gasteiger partial charge is 0.357 e. The number of ketones is 1.